The Labute approximate surface area is 103 Å². The normalized spacial score (nSPS) is 22.2. The van der Waals surface area contributed by atoms with Crippen molar-refractivity contribution in [3.05, 3.63) is 0 Å². The first-order chi connectivity index (χ1) is 7.63. The molecule has 0 saturated carbocycles. The van der Waals surface area contributed by atoms with Crippen molar-refractivity contribution in [2.75, 3.05) is 6.54 Å². The first-order valence-electron chi connectivity index (χ1n) is 5.98. The monoisotopic (exact) mass is 243 g/mol. The molecule has 1 fully saturated rings. The molecule has 98 valence electrons. The fourth-order valence-electron chi connectivity index (χ4n) is 1.60. The highest BCUT2D eigenvalue weighted by Gasteiger charge is 2.42. The van der Waals surface area contributed by atoms with Crippen LogP contribution in [0.3, 0.4) is 0 Å². The molecule has 17 heavy (non-hydrogen) atoms. The van der Waals surface area contributed by atoms with Gasteiger partial charge >= 0.3 is 7.12 Å². The van der Waals surface area contributed by atoms with Crippen LogP contribution in [0.5, 0.6) is 0 Å². The summed E-state index contributed by atoms with van der Waals surface area (Å²) in [4.78, 5) is 11.2. The van der Waals surface area contributed by atoms with Crippen molar-refractivity contribution >= 4 is 13.0 Å². The predicted molar refractivity (Wildman–Crippen MR) is 65.4 cm³/mol. The second-order valence-electron chi connectivity index (χ2n) is 5.68. The topological polar surface area (TPSA) is 78.8 Å². The van der Waals surface area contributed by atoms with E-state index in [1.54, 1.807) is 27.7 Å². The van der Waals surface area contributed by atoms with Gasteiger partial charge in [0.2, 0.25) is 5.91 Å². The summed E-state index contributed by atoms with van der Waals surface area (Å²) in [5.41, 5.74) is -1.94. The average molecular weight is 243 g/mol. The number of nitrogens with one attached hydrogen (secondary N) is 1. The Balaban J connectivity index is 2.59. The Morgan fingerprint density at radius 1 is 1.41 bits per heavy atom. The lowest BCUT2D eigenvalue weighted by atomic mass is 9.66. The zero-order valence-electron chi connectivity index (χ0n) is 11.0. The molecule has 1 aliphatic rings. The van der Waals surface area contributed by atoms with Gasteiger partial charge in [0, 0.05) is 18.8 Å². The standard InChI is InChI=1S/C11H22BNO4/c1-10(2,15)11(3,4)17-12(16)8-5-6-13-9(14)7-8/h8,15-16H,5-7H2,1-4H3,(H,13,14)/t8-/m0/s1. The Hall–Kier alpha value is -0.585. The lowest BCUT2D eigenvalue weighted by Gasteiger charge is -2.40. The van der Waals surface area contributed by atoms with Crippen LogP contribution in [0.25, 0.3) is 0 Å². The molecule has 5 nitrogen and oxygen atoms in total. The van der Waals surface area contributed by atoms with E-state index in [9.17, 15) is 14.9 Å². The number of amides is 1. The number of hydrogen-bond donors (Lipinski definition) is 3. The first-order valence-corrected chi connectivity index (χ1v) is 5.98. The van der Waals surface area contributed by atoms with E-state index in [4.69, 9.17) is 4.65 Å². The highest BCUT2D eigenvalue weighted by atomic mass is 16.5. The molecule has 1 amide bonds. The molecule has 0 bridgehead atoms. The second kappa shape index (κ2) is 4.96. The van der Waals surface area contributed by atoms with Crippen LogP contribution in [-0.2, 0) is 9.45 Å². The van der Waals surface area contributed by atoms with Crippen LogP contribution in [0.15, 0.2) is 0 Å². The van der Waals surface area contributed by atoms with E-state index in [0.717, 1.165) is 0 Å². The number of carbonyl (C=O) groups excluding carboxylic acids is 1. The quantitative estimate of drug-likeness (QED) is 0.621. The van der Waals surface area contributed by atoms with Gasteiger partial charge in [-0.1, -0.05) is 0 Å². The van der Waals surface area contributed by atoms with Gasteiger partial charge in [0.15, 0.2) is 0 Å². The summed E-state index contributed by atoms with van der Waals surface area (Å²) >= 11 is 0. The van der Waals surface area contributed by atoms with Gasteiger partial charge in [0.25, 0.3) is 0 Å². The summed E-state index contributed by atoms with van der Waals surface area (Å²) in [7, 11) is -1.03. The minimum atomic E-state index is -1.06. The van der Waals surface area contributed by atoms with Gasteiger partial charge in [-0.05, 0) is 34.1 Å². The summed E-state index contributed by atoms with van der Waals surface area (Å²) in [6.07, 6.45) is 0.956. The van der Waals surface area contributed by atoms with E-state index >= 15 is 0 Å². The number of aliphatic hydroxyl groups is 1. The van der Waals surface area contributed by atoms with Crippen molar-refractivity contribution in [1.29, 1.82) is 0 Å². The SMILES string of the molecule is CC(C)(O)C(C)(C)OB(O)[C@H]1CCNC(=O)C1. The molecule has 1 saturated heterocycles. The van der Waals surface area contributed by atoms with Crippen molar-refractivity contribution in [2.45, 2.75) is 57.6 Å². The van der Waals surface area contributed by atoms with Gasteiger partial charge in [0.1, 0.15) is 0 Å². The van der Waals surface area contributed by atoms with Crippen LogP contribution >= 0.6 is 0 Å². The molecular formula is C11H22BNO4. The van der Waals surface area contributed by atoms with Crippen molar-refractivity contribution in [3.63, 3.8) is 0 Å². The van der Waals surface area contributed by atoms with Crippen LogP contribution in [0.2, 0.25) is 5.82 Å². The number of piperidine rings is 1. The highest BCUT2D eigenvalue weighted by Crippen LogP contribution is 2.30. The fourth-order valence-corrected chi connectivity index (χ4v) is 1.60. The van der Waals surface area contributed by atoms with Crippen LogP contribution in [0, 0.1) is 0 Å². The molecule has 1 rings (SSSR count). The number of rotatable bonds is 4. The third-order valence-electron chi connectivity index (χ3n) is 3.58. The van der Waals surface area contributed by atoms with Gasteiger partial charge in [-0.3, -0.25) is 4.79 Å². The van der Waals surface area contributed by atoms with E-state index in [1.807, 2.05) is 0 Å². The molecule has 0 spiro atoms. The van der Waals surface area contributed by atoms with Crippen LogP contribution in [-0.4, -0.2) is 40.9 Å². The lowest BCUT2D eigenvalue weighted by Crippen LogP contribution is -2.52. The summed E-state index contributed by atoms with van der Waals surface area (Å²) in [5.74, 6) is -0.268. The maximum atomic E-state index is 11.2. The van der Waals surface area contributed by atoms with Crippen LogP contribution in [0.1, 0.15) is 40.5 Å². The lowest BCUT2D eigenvalue weighted by molar-refractivity contribution is -0.123. The Morgan fingerprint density at radius 2 is 2.00 bits per heavy atom. The van der Waals surface area contributed by atoms with Crippen molar-refractivity contribution < 1.29 is 19.6 Å². The summed E-state index contributed by atoms with van der Waals surface area (Å²) in [6.45, 7) is 7.27. The Bertz CT molecular complexity index is 288. The van der Waals surface area contributed by atoms with Gasteiger partial charge in [-0.2, -0.15) is 0 Å². The molecule has 3 N–H and O–H groups in total. The second-order valence-corrected chi connectivity index (χ2v) is 5.68. The molecule has 1 atom stereocenters. The molecule has 6 heteroatoms. The molecular weight excluding hydrogens is 221 g/mol. The van der Waals surface area contributed by atoms with Crippen LogP contribution < -0.4 is 5.32 Å². The smallest absolute Gasteiger partial charge is 0.427 e. The van der Waals surface area contributed by atoms with Crippen molar-refractivity contribution in [1.82, 2.24) is 5.32 Å². The molecule has 0 unspecified atom stereocenters. The molecule has 0 aromatic heterocycles. The molecule has 0 aliphatic carbocycles. The van der Waals surface area contributed by atoms with E-state index in [-0.39, 0.29) is 18.1 Å². The third kappa shape index (κ3) is 3.69. The third-order valence-corrected chi connectivity index (χ3v) is 3.58. The minimum absolute atomic E-state index is 0.0648. The maximum absolute atomic E-state index is 11.2. The van der Waals surface area contributed by atoms with E-state index in [0.29, 0.717) is 13.0 Å². The van der Waals surface area contributed by atoms with Gasteiger partial charge < -0.3 is 20.1 Å². The van der Waals surface area contributed by atoms with Gasteiger partial charge in [-0.25, -0.2) is 0 Å². The number of hydrogen-bond acceptors (Lipinski definition) is 4. The van der Waals surface area contributed by atoms with Gasteiger partial charge in [-0.15, -0.1) is 0 Å². The highest BCUT2D eigenvalue weighted by molar-refractivity contribution is 6.45. The van der Waals surface area contributed by atoms with Gasteiger partial charge in [0.05, 0.1) is 11.2 Å². The van der Waals surface area contributed by atoms with Crippen molar-refractivity contribution in [3.8, 4) is 0 Å². The Kier molecular flexibility index (Phi) is 4.22. The molecule has 1 aliphatic heterocycles. The average Bonchev–Trinajstić information content (AvgIpc) is 2.15. The maximum Gasteiger partial charge on any atom is 0.458 e. The minimum Gasteiger partial charge on any atom is -0.427 e. The van der Waals surface area contributed by atoms with E-state index in [1.165, 1.54) is 0 Å². The largest absolute Gasteiger partial charge is 0.458 e. The zero-order chi connectivity index (χ0) is 13.3. The predicted octanol–water partition coefficient (Wildman–Crippen LogP) is 0.313. The molecule has 0 aromatic rings. The first kappa shape index (κ1) is 14.5. The van der Waals surface area contributed by atoms with Crippen molar-refractivity contribution in [2.24, 2.45) is 0 Å². The van der Waals surface area contributed by atoms with Crippen LogP contribution in [0.4, 0.5) is 0 Å². The van der Waals surface area contributed by atoms with E-state index in [2.05, 4.69) is 5.32 Å². The number of carbonyl (C=O) groups is 1. The summed E-state index contributed by atoms with van der Waals surface area (Å²) in [5, 5.41) is 22.6. The molecule has 0 aromatic carbocycles. The summed E-state index contributed by atoms with van der Waals surface area (Å²) in [6, 6.07) is 0. The summed E-state index contributed by atoms with van der Waals surface area (Å²) < 4.78 is 5.52. The molecule has 0 radical (unpaired) electrons. The fraction of sp³-hybridized carbons (Fsp3) is 0.909. The Morgan fingerprint density at radius 3 is 2.47 bits per heavy atom. The molecule has 1 heterocycles. The zero-order valence-corrected chi connectivity index (χ0v) is 11.0. The van der Waals surface area contributed by atoms with E-state index < -0.39 is 18.3 Å².